The van der Waals surface area contributed by atoms with Gasteiger partial charge < -0.3 is 9.67 Å². The summed E-state index contributed by atoms with van der Waals surface area (Å²) in [7, 11) is 0. The number of aliphatic hydroxyl groups is 1. The van der Waals surface area contributed by atoms with E-state index in [1.165, 1.54) is 6.42 Å². The van der Waals surface area contributed by atoms with E-state index in [1.54, 1.807) is 12.5 Å². The lowest BCUT2D eigenvalue weighted by Gasteiger charge is -2.02. The van der Waals surface area contributed by atoms with E-state index in [-0.39, 0.29) is 6.61 Å². The van der Waals surface area contributed by atoms with Gasteiger partial charge in [0.25, 0.3) is 0 Å². The number of aliphatic hydroxyl groups excluding tert-OH is 1. The molecule has 2 atom stereocenters. The Morgan fingerprint density at radius 1 is 1.82 bits per heavy atom. The van der Waals surface area contributed by atoms with Gasteiger partial charge in [-0.05, 0) is 12.3 Å². The monoisotopic (exact) mass is 152 g/mol. The minimum atomic E-state index is 0.100. The molecule has 0 bridgehead atoms. The topological polar surface area (TPSA) is 38.0 Å². The first-order chi connectivity index (χ1) is 5.33. The summed E-state index contributed by atoms with van der Waals surface area (Å²) in [6, 6.07) is 0.597. The maximum atomic E-state index is 8.91. The van der Waals surface area contributed by atoms with E-state index < -0.39 is 0 Å². The molecule has 3 nitrogen and oxygen atoms in total. The van der Waals surface area contributed by atoms with Crippen LogP contribution < -0.4 is 0 Å². The molecule has 1 aromatic heterocycles. The summed E-state index contributed by atoms with van der Waals surface area (Å²) in [6.45, 7) is 2.31. The van der Waals surface area contributed by atoms with Crippen LogP contribution in [0, 0.1) is 5.92 Å². The SMILES string of the molecule is CC1CC1n1cncc1CO. The van der Waals surface area contributed by atoms with Crippen LogP contribution in [0.3, 0.4) is 0 Å². The highest BCUT2D eigenvalue weighted by atomic mass is 16.3. The summed E-state index contributed by atoms with van der Waals surface area (Å²) >= 11 is 0. The van der Waals surface area contributed by atoms with Crippen molar-refractivity contribution >= 4 is 0 Å². The fourth-order valence-electron chi connectivity index (χ4n) is 1.44. The van der Waals surface area contributed by atoms with Crippen molar-refractivity contribution in [1.29, 1.82) is 0 Å². The van der Waals surface area contributed by atoms with Crippen LogP contribution in [0.5, 0.6) is 0 Å². The van der Waals surface area contributed by atoms with E-state index in [1.807, 2.05) is 0 Å². The number of rotatable bonds is 2. The zero-order valence-corrected chi connectivity index (χ0v) is 6.57. The number of imidazole rings is 1. The van der Waals surface area contributed by atoms with Crippen molar-refractivity contribution in [2.45, 2.75) is 26.0 Å². The van der Waals surface area contributed by atoms with E-state index in [0.717, 1.165) is 11.6 Å². The quantitative estimate of drug-likeness (QED) is 0.685. The highest BCUT2D eigenvalue weighted by Gasteiger charge is 2.34. The van der Waals surface area contributed by atoms with Crippen molar-refractivity contribution < 1.29 is 5.11 Å². The number of hydrogen-bond acceptors (Lipinski definition) is 2. The fraction of sp³-hybridized carbons (Fsp3) is 0.625. The second-order valence-corrected chi connectivity index (χ2v) is 3.23. The van der Waals surface area contributed by atoms with Gasteiger partial charge in [0.05, 0.1) is 24.8 Å². The first-order valence-electron chi connectivity index (χ1n) is 3.94. The summed E-state index contributed by atoms with van der Waals surface area (Å²) in [5, 5.41) is 8.91. The smallest absolute Gasteiger partial charge is 0.0951 e. The zero-order chi connectivity index (χ0) is 7.84. The lowest BCUT2D eigenvalue weighted by atomic mass is 10.4. The molecular formula is C8H12N2O. The summed E-state index contributed by atoms with van der Waals surface area (Å²) in [4.78, 5) is 3.99. The standard InChI is InChI=1S/C8H12N2O/c1-6-2-8(6)10-5-9-3-7(10)4-11/h3,5-6,8,11H,2,4H2,1H3. The predicted octanol–water partition coefficient (Wildman–Crippen LogP) is 0.956. The first-order valence-corrected chi connectivity index (χ1v) is 3.94. The molecule has 1 saturated carbocycles. The lowest BCUT2D eigenvalue weighted by molar-refractivity contribution is 0.270. The van der Waals surface area contributed by atoms with Crippen molar-refractivity contribution in [2.24, 2.45) is 5.92 Å². The van der Waals surface area contributed by atoms with Gasteiger partial charge in [0.2, 0.25) is 0 Å². The number of nitrogens with zero attached hydrogens (tertiary/aromatic N) is 2. The van der Waals surface area contributed by atoms with Crippen LogP contribution in [0.25, 0.3) is 0 Å². The van der Waals surface area contributed by atoms with Crippen LogP contribution in [0.1, 0.15) is 25.1 Å². The average molecular weight is 152 g/mol. The van der Waals surface area contributed by atoms with Gasteiger partial charge in [-0.15, -0.1) is 0 Å². The summed E-state index contributed by atoms with van der Waals surface area (Å²) in [5.74, 6) is 0.759. The summed E-state index contributed by atoms with van der Waals surface area (Å²) < 4.78 is 2.07. The van der Waals surface area contributed by atoms with Gasteiger partial charge in [0.1, 0.15) is 0 Å². The minimum Gasteiger partial charge on any atom is -0.390 e. The molecule has 1 fully saturated rings. The molecule has 0 aromatic carbocycles. The zero-order valence-electron chi connectivity index (χ0n) is 6.57. The molecule has 0 radical (unpaired) electrons. The molecule has 0 spiro atoms. The van der Waals surface area contributed by atoms with Crippen LogP contribution in [-0.2, 0) is 6.61 Å². The molecule has 1 aliphatic carbocycles. The fourth-order valence-corrected chi connectivity index (χ4v) is 1.44. The molecule has 0 amide bonds. The van der Waals surface area contributed by atoms with Crippen LogP contribution in [-0.4, -0.2) is 14.7 Å². The molecule has 3 heteroatoms. The van der Waals surface area contributed by atoms with E-state index >= 15 is 0 Å². The Morgan fingerprint density at radius 2 is 2.55 bits per heavy atom. The summed E-state index contributed by atoms with van der Waals surface area (Å²) in [6.07, 6.45) is 4.76. The molecule has 2 unspecified atom stereocenters. The number of aromatic nitrogens is 2. The molecule has 1 heterocycles. The molecular weight excluding hydrogens is 140 g/mol. The number of hydrogen-bond donors (Lipinski definition) is 1. The second kappa shape index (κ2) is 2.34. The van der Waals surface area contributed by atoms with Crippen LogP contribution in [0.2, 0.25) is 0 Å². The third-order valence-corrected chi connectivity index (χ3v) is 2.33. The van der Waals surface area contributed by atoms with Gasteiger partial charge in [-0.3, -0.25) is 0 Å². The molecule has 2 rings (SSSR count). The van der Waals surface area contributed by atoms with Gasteiger partial charge in [0, 0.05) is 6.04 Å². The molecule has 1 aliphatic rings. The Kier molecular flexibility index (Phi) is 1.46. The van der Waals surface area contributed by atoms with Gasteiger partial charge >= 0.3 is 0 Å². The highest BCUT2D eigenvalue weighted by Crippen LogP contribution is 2.43. The van der Waals surface area contributed by atoms with Crippen molar-refractivity contribution in [3.05, 3.63) is 18.2 Å². The van der Waals surface area contributed by atoms with Crippen LogP contribution in [0.4, 0.5) is 0 Å². The van der Waals surface area contributed by atoms with Crippen LogP contribution in [0.15, 0.2) is 12.5 Å². The molecule has 0 aliphatic heterocycles. The highest BCUT2D eigenvalue weighted by molar-refractivity contribution is 5.03. The Balaban J connectivity index is 2.23. The third-order valence-electron chi connectivity index (χ3n) is 2.33. The van der Waals surface area contributed by atoms with Crippen molar-refractivity contribution in [3.63, 3.8) is 0 Å². The largest absolute Gasteiger partial charge is 0.390 e. The lowest BCUT2D eigenvalue weighted by Crippen LogP contribution is -1.99. The first kappa shape index (κ1) is 6.85. The molecule has 1 aromatic rings. The van der Waals surface area contributed by atoms with Crippen LogP contribution >= 0.6 is 0 Å². The van der Waals surface area contributed by atoms with E-state index in [9.17, 15) is 0 Å². The van der Waals surface area contributed by atoms with Crippen molar-refractivity contribution in [3.8, 4) is 0 Å². The molecule has 0 saturated heterocycles. The normalized spacial score (nSPS) is 28.9. The minimum absolute atomic E-state index is 0.100. The average Bonchev–Trinajstić information content (AvgIpc) is 2.58. The second-order valence-electron chi connectivity index (χ2n) is 3.23. The Bertz CT molecular complexity index is 256. The van der Waals surface area contributed by atoms with Gasteiger partial charge in [0.15, 0.2) is 0 Å². The van der Waals surface area contributed by atoms with Gasteiger partial charge in [-0.1, -0.05) is 6.92 Å². The molecule has 1 N–H and O–H groups in total. The van der Waals surface area contributed by atoms with Crippen molar-refractivity contribution in [1.82, 2.24) is 9.55 Å². The van der Waals surface area contributed by atoms with Gasteiger partial charge in [-0.25, -0.2) is 4.98 Å². The summed E-state index contributed by atoms with van der Waals surface area (Å²) in [5.41, 5.74) is 0.930. The van der Waals surface area contributed by atoms with Gasteiger partial charge in [-0.2, -0.15) is 0 Å². The Hall–Kier alpha value is -0.830. The predicted molar refractivity (Wildman–Crippen MR) is 41.0 cm³/mol. The maximum Gasteiger partial charge on any atom is 0.0951 e. The van der Waals surface area contributed by atoms with E-state index in [4.69, 9.17) is 5.11 Å². The van der Waals surface area contributed by atoms with E-state index in [2.05, 4.69) is 16.5 Å². The molecule has 11 heavy (non-hydrogen) atoms. The Labute approximate surface area is 65.7 Å². The molecule has 60 valence electrons. The maximum absolute atomic E-state index is 8.91. The third kappa shape index (κ3) is 1.05. The van der Waals surface area contributed by atoms with E-state index in [0.29, 0.717) is 6.04 Å². The Morgan fingerprint density at radius 3 is 3.09 bits per heavy atom. The van der Waals surface area contributed by atoms with Crippen molar-refractivity contribution in [2.75, 3.05) is 0 Å².